The predicted molar refractivity (Wildman–Crippen MR) is 144 cm³/mol. The Bertz CT molecular complexity index is 1400. The van der Waals surface area contributed by atoms with Gasteiger partial charge in [0.15, 0.2) is 9.84 Å². The summed E-state index contributed by atoms with van der Waals surface area (Å²) in [5.41, 5.74) is 6.55. The second-order valence-electron chi connectivity index (χ2n) is 9.47. The highest BCUT2D eigenvalue weighted by Crippen LogP contribution is 2.29. The fraction of sp³-hybridized carbons (Fsp3) is 0.321. The molecule has 182 valence electrons. The Morgan fingerprint density at radius 3 is 2.31 bits per heavy atom. The molecule has 6 nitrogen and oxygen atoms in total. The van der Waals surface area contributed by atoms with Gasteiger partial charge in [-0.05, 0) is 61.3 Å². The van der Waals surface area contributed by atoms with Crippen molar-refractivity contribution in [1.29, 1.82) is 0 Å². The van der Waals surface area contributed by atoms with Crippen LogP contribution in [0.2, 0.25) is 0 Å². The lowest BCUT2D eigenvalue weighted by molar-refractivity contribution is 0.292. The fourth-order valence-corrected chi connectivity index (χ4v) is 5.99. The van der Waals surface area contributed by atoms with E-state index in [1.54, 1.807) is 0 Å². The normalized spacial score (nSPS) is 15.9. The van der Waals surface area contributed by atoms with E-state index < -0.39 is 9.84 Å². The van der Waals surface area contributed by atoms with Crippen molar-refractivity contribution in [2.75, 3.05) is 50.1 Å². The van der Waals surface area contributed by atoms with E-state index in [-0.39, 0.29) is 11.5 Å². The van der Waals surface area contributed by atoms with E-state index in [2.05, 4.69) is 81.2 Å². The van der Waals surface area contributed by atoms with Gasteiger partial charge in [0.25, 0.3) is 0 Å². The minimum absolute atomic E-state index is 0.280. The molecule has 4 aromatic rings. The summed E-state index contributed by atoms with van der Waals surface area (Å²) in [5, 5.41) is 1.17. The second-order valence-corrected chi connectivity index (χ2v) is 11.8. The number of sulfone groups is 1. The number of benzene rings is 2. The molecular weight excluding hydrogens is 456 g/mol. The highest BCUT2D eigenvalue weighted by Gasteiger charge is 2.21. The third-order valence-electron chi connectivity index (χ3n) is 6.81. The molecule has 0 N–H and O–H groups in total. The molecule has 0 bridgehead atoms. The quantitative estimate of drug-likeness (QED) is 0.385. The Morgan fingerprint density at radius 1 is 0.914 bits per heavy atom. The first-order valence-electron chi connectivity index (χ1n) is 12.2. The van der Waals surface area contributed by atoms with Gasteiger partial charge in [0.1, 0.15) is 5.65 Å². The van der Waals surface area contributed by atoms with E-state index in [0.29, 0.717) is 13.1 Å². The molecule has 0 amide bonds. The lowest BCUT2D eigenvalue weighted by atomic mass is 10.1. The molecule has 1 aliphatic heterocycles. The number of rotatable bonds is 7. The lowest BCUT2D eigenvalue weighted by Gasteiger charge is -2.26. The van der Waals surface area contributed by atoms with Crippen LogP contribution >= 0.6 is 0 Å². The first-order valence-corrected chi connectivity index (χ1v) is 14.0. The molecule has 0 unspecified atom stereocenters. The molecule has 2 aromatic carbocycles. The van der Waals surface area contributed by atoms with Crippen LogP contribution in [-0.2, 0) is 16.3 Å². The van der Waals surface area contributed by atoms with Crippen LogP contribution in [0.4, 0.5) is 5.69 Å². The van der Waals surface area contributed by atoms with Gasteiger partial charge < -0.3 is 14.4 Å². The van der Waals surface area contributed by atoms with Gasteiger partial charge in [-0.15, -0.1) is 0 Å². The molecular formula is C28H32N4O2S. The minimum atomic E-state index is -2.84. The van der Waals surface area contributed by atoms with E-state index >= 15 is 0 Å². The van der Waals surface area contributed by atoms with Crippen LogP contribution in [0.3, 0.4) is 0 Å². The number of pyridine rings is 1. The van der Waals surface area contributed by atoms with Gasteiger partial charge in [0.05, 0.1) is 17.2 Å². The predicted octanol–water partition coefficient (Wildman–Crippen LogP) is 4.42. The molecule has 2 aromatic heterocycles. The van der Waals surface area contributed by atoms with E-state index in [9.17, 15) is 8.42 Å². The molecule has 0 atom stereocenters. The van der Waals surface area contributed by atoms with Crippen molar-refractivity contribution in [2.24, 2.45) is 0 Å². The zero-order chi connectivity index (χ0) is 24.4. The molecule has 7 heteroatoms. The van der Waals surface area contributed by atoms with E-state index in [1.807, 2.05) is 20.2 Å². The maximum absolute atomic E-state index is 11.7. The van der Waals surface area contributed by atoms with Crippen molar-refractivity contribution < 1.29 is 8.42 Å². The molecule has 0 radical (unpaired) electrons. The zero-order valence-corrected chi connectivity index (χ0v) is 21.2. The van der Waals surface area contributed by atoms with Gasteiger partial charge in [-0.2, -0.15) is 0 Å². The summed E-state index contributed by atoms with van der Waals surface area (Å²) < 4.78 is 25.6. The highest BCUT2D eigenvalue weighted by atomic mass is 32.2. The first kappa shape index (κ1) is 23.6. The van der Waals surface area contributed by atoms with E-state index in [1.165, 1.54) is 10.9 Å². The molecule has 1 saturated heterocycles. The molecule has 1 aliphatic rings. The largest absolute Gasteiger partial charge is 0.378 e. The molecule has 0 saturated carbocycles. The Labute approximate surface area is 207 Å². The minimum Gasteiger partial charge on any atom is -0.378 e. The summed E-state index contributed by atoms with van der Waals surface area (Å²) in [6.45, 7) is 2.20. The highest BCUT2D eigenvalue weighted by molar-refractivity contribution is 7.91. The summed E-state index contributed by atoms with van der Waals surface area (Å²) in [5.74, 6) is 0.561. The van der Waals surface area contributed by atoms with Gasteiger partial charge in [-0.25, -0.2) is 13.4 Å². The SMILES string of the molecule is CN(C)c1ccc(-c2ccc3c(CCCN4CCS(=O)(=O)CC4)cn(-c4ccccc4)c3n2)cc1. The van der Waals surface area contributed by atoms with Crippen LogP contribution < -0.4 is 4.90 Å². The van der Waals surface area contributed by atoms with Crippen LogP contribution in [0, 0.1) is 0 Å². The average molecular weight is 489 g/mol. The topological polar surface area (TPSA) is 58.4 Å². The second kappa shape index (κ2) is 9.84. The first-order chi connectivity index (χ1) is 16.9. The Balaban J connectivity index is 1.42. The smallest absolute Gasteiger partial charge is 0.152 e. The molecule has 5 rings (SSSR count). The monoisotopic (exact) mass is 488 g/mol. The number of aromatic nitrogens is 2. The number of nitrogens with zero attached hydrogens (tertiary/aromatic N) is 4. The maximum Gasteiger partial charge on any atom is 0.152 e. The molecule has 3 heterocycles. The Hall–Kier alpha value is -3.16. The summed E-state index contributed by atoms with van der Waals surface area (Å²) in [6.07, 6.45) is 4.13. The van der Waals surface area contributed by atoms with Crippen molar-refractivity contribution >= 4 is 26.6 Å². The van der Waals surface area contributed by atoms with Gasteiger partial charge in [-0.1, -0.05) is 30.3 Å². The van der Waals surface area contributed by atoms with Gasteiger partial charge >= 0.3 is 0 Å². The lowest BCUT2D eigenvalue weighted by Crippen LogP contribution is -2.40. The Kier molecular flexibility index (Phi) is 6.62. The molecule has 0 spiro atoms. The third kappa shape index (κ3) is 5.26. The average Bonchev–Trinajstić information content (AvgIpc) is 3.23. The number of anilines is 1. The van der Waals surface area contributed by atoms with Gasteiger partial charge in [0.2, 0.25) is 0 Å². The standard InChI is InChI=1S/C28H32N4O2S/c1-30(2)24-12-10-22(11-13-24)27-15-14-26-23(7-6-16-31-17-19-35(33,34)20-18-31)21-32(28(26)29-27)25-8-4-3-5-9-25/h3-5,8-15,21H,6-7,16-20H2,1-2H3. The Morgan fingerprint density at radius 2 is 1.63 bits per heavy atom. The number of para-hydroxylation sites is 1. The van der Waals surface area contributed by atoms with Crippen molar-refractivity contribution in [3.05, 3.63) is 78.5 Å². The van der Waals surface area contributed by atoms with Crippen LogP contribution in [0.25, 0.3) is 28.0 Å². The maximum atomic E-state index is 11.7. The zero-order valence-electron chi connectivity index (χ0n) is 20.4. The van der Waals surface area contributed by atoms with Crippen molar-refractivity contribution in [1.82, 2.24) is 14.5 Å². The van der Waals surface area contributed by atoms with E-state index in [4.69, 9.17) is 4.98 Å². The molecule has 0 aliphatic carbocycles. The van der Waals surface area contributed by atoms with Gasteiger partial charge in [0, 0.05) is 55.7 Å². The summed E-state index contributed by atoms with van der Waals surface area (Å²) in [4.78, 5) is 9.47. The van der Waals surface area contributed by atoms with Crippen LogP contribution in [0.1, 0.15) is 12.0 Å². The number of aryl methyl sites for hydroxylation is 1. The third-order valence-corrected chi connectivity index (χ3v) is 8.41. The molecule has 1 fully saturated rings. The van der Waals surface area contributed by atoms with Crippen LogP contribution in [-0.4, -0.2) is 68.1 Å². The number of fused-ring (bicyclic) bond motifs is 1. The molecule has 35 heavy (non-hydrogen) atoms. The fourth-order valence-electron chi connectivity index (χ4n) is 4.71. The van der Waals surface area contributed by atoms with E-state index in [0.717, 1.165) is 47.7 Å². The van der Waals surface area contributed by atoms with Crippen LogP contribution in [0.15, 0.2) is 72.9 Å². The number of hydrogen-bond donors (Lipinski definition) is 0. The summed E-state index contributed by atoms with van der Waals surface area (Å²) in [7, 11) is 1.25. The summed E-state index contributed by atoms with van der Waals surface area (Å²) >= 11 is 0. The summed E-state index contributed by atoms with van der Waals surface area (Å²) in [6, 6.07) is 23.1. The van der Waals surface area contributed by atoms with Crippen molar-refractivity contribution in [3.63, 3.8) is 0 Å². The number of hydrogen-bond acceptors (Lipinski definition) is 5. The van der Waals surface area contributed by atoms with Gasteiger partial charge in [-0.3, -0.25) is 0 Å². The van der Waals surface area contributed by atoms with Crippen molar-refractivity contribution in [3.8, 4) is 16.9 Å². The van der Waals surface area contributed by atoms with Crippen molar-refractivity contribution in [2.45, 2.75) is 12.8 Å². The van der Waals surface area contributed by atoms with Crippen LogP contribution in [0.5, 0.6) is 0 Å².